The first kappa shape index (κ1) is 18.2. The lowest BCUT2D eigenvalue weighted by Gasteiger charge is -2.38. The van der Waals surface area contributed by atoms with Crippen LogP contribution in [0.4, 0.5) is 14.9 Å². The van der Waals surface area contributed by atoms with Gasteiger partial charge in [0, 0.05) is 31.5 Å². The number of benzene rings is 2. The number of hydrogen-bond acceptors (Lipinski definition) is 4. The van der Waals surface area contributed by atoms with Crippen LogP contribution in [0.1, 0.15) is 23.2 Å². The molecule has 1 spiro atoms. The molecule has 2 aliphatic heterocycles. The van der Waals surface area contributed by atoms with Gasteiger partial charge in [0.05, 0.1) is 12.8 Å². The topological polar surface area (TPSA) is 73.9 Å². The van der Waals surface area contributed by atoms with E-state index in [9.17, 15) is 14.0 Å². The van der Waals surface area contributed by atoms with Gasteiger partial charge in [-0.1, -0.05) is 18.2 Å². The van der Waals surface area contributed by atoms with Crippen molar-refractivity contribution in [3.05, 3.63) is 59.9 Å². The van der Waals surface area contributed by atoms with E-state index in [0.717, 1.165) is 5.69 Å². The van der Waals surface area contributed by atoms with Gasteiger partial charge in [-0.05, 0) is 30.3 Å². The zero-order valence-electron chi connectivity index (χ0n) is 15.4. The van der Waals surface area contributed by atoms with Crippen molar-refractivity contribution >= 4 is 17.6 Å². The fraction of sp³-hybridized carbons (Fsp3) is 0.300. The van der Waals surface area contributed by atoms with Gasteiger partial charge in [-0.3, -0.25) is 4.79 Å². The van der Waals surface area contributed by atoms with Crippen molar-refractivity contribution < 1.29 is 18.7 Å². The number of anilines is 1. The number of nitrogens with one attached hydrogen (secondary N) is 2. The molecule has 0 aromatic heterocycles. The second-order valence-corrected chi connectivity index (χ2v) is 6.94. The number of carbonyl (C=O) groups excluding carboxylic acids is 2. The van der Waals surface area contributed by atoms with E-state index in [0.29, 0.717) is 25.9 Å². The molecule has 2 fully saturated rings. The molecule has 2 aromatic carbocycles. The number of urea groups is 1. The summed E-state index contributed by atoms with van der Waals surface area (Å²) in [5.41, 5.74) is 3.70. The number of methoxy groups -OCH3 is 1. The summed E-state index contributed by atoms with van der Waals surface area (Å²) in [4.78, 5) is 26.8. The Balaban J connectivity index is 1.43. The molecule has 2 N–H and O–H groups in total. The minimum absolute atomic E-state index is 0.105. The second-order valence-electron chi connectivity index (χ2n) is 6.94. The predicted octanol–water partition coefficient (Wildman–Crippen LogP) is 2.50. The highest BCUT2D eigenvalue weighted by atomic mass is 19.1. The summed E-state index contributed by atoms with van der Waals surface area (Å²) in [5, 5.41) is 4.50. The van der Waals surface area contributed by atoms with Crippen molar-refractivity contribution in [2.24, 2.45) is 0 Å². The Kier molecular flexibility index (Phi) is 4.64. The number of likely N-dealkylation sites (tertiary alicyclic amines) is 1. The van der Waals surface area contributed by atoms with Gasteiger partial charge in [-0.15, -0.1) is 0 Å². The molecule has 3 amide bonds. The number of hydrazine groups is 1. The number of ether oxygens (including phenoxy) is 1. The average Bonchev–Trinajstić information content (AvgIpc) is 3.04. The van der Waals surface area contributed by atoms with Gasteiger partial charge in [0.1, 0.15) is 5.66 Å². The van der Waals surface area contributed by atoms with Crippen molar-refractivity contribution in [2.75, 3.05) is 25.2 Å². The van der Waals surface area contributed by atoms with Crippen LogP contribution in [0.5, 0.6) is 5.75 Å². The van der Waals surface area contributed by atoms with E-state index in [1.54, 1.807) is 11.0 Å². The lowest BCUT2D eigenvalue weighted by atomic mass is 9.97. The van der Waals surface area contributed by atoms with E-state index in [1.807, 2.05) is 30.3 Å². The third-order valence-electron chi connectivity index (χ3n) is 5.19. The summed E-state index contributed by atoms with van der Waals surface area (Å²) in [6.07, 6.45) is 1.10. The fourth-order valence-electron chi connectivity index (χ4n) is 3.62. The molecule has 0 unspecified atom stereocenters. The van der Waals surface area contributed by atoms with Crippen LogP contribution in [0.15, 0.2) is 48.5 Å². The molecule has 0 aliphatic carbocycles. The van der Waals surface area contributed by atoms with E-state index in [-0.39, 0.29) is 23.3 Å². The van der Waals surface area contributed by atoms with Gasteiger partial charge in [0.15, 0.2) is 11.6 Å². The first-order valence-corrected chi connectivity index (χ1v) is 9.09. The van der Waals surface area contributed by atoms with Gasteiger partial charge in [0.25, 0.3) is 5.91 Å². The zero-order valence-corrected chi connectivity index (χ0v) is 15.4. The number of piperidine rings is 1. The smallest absolute Gasteiger partial charge is 0.338 e. The number of nitrogens with zero attached hydrogens (tertiary/aromatic N) is 2. The highest BCUT2D eigenvalue weighted by molar-refractivity contribution is 5.95. The van der Waals surface area contributed by atoms with E-state index in [2.05, 4.69) is 10.7 Å². The molecule has 4 rings (SSSR count). The maximum atomic E-state index is 13.9. The highest BCUT2D eigenvalue weighted by Gasteiger charge is 2.45. The normalized spacial score (nSPS) is 18.3. The maximum Gasteiger partial charge on any atom is 0.338 e. The number of hydrogen-bond donors (Lipinski definition) is 2. The van der Waals surface area contributed by atoms with Crippen LogP contribution in [-0.4, -0.2) is 42.7 Å². The zero-order chi connectivity index (χ0) is 19.7. The second kappa shape index (κ2) is 7.12. The summed E-state index contributed by atoms with van der Waals surface area (Å²) < 4.78 is 18.8. The summed E-state index contributed by atoms with van der Waals surface area (Å²) in [6.45, 7) is 0.894. The number of carbonyl (C=O) groups is 2. The number of halogens is 1. The summed E-state index contributed by atoms with van der Waals surface area (Å²) >= 11 is 0. The molecule has 2 aliphatic rings. The highest BCUT2D eigenvalue weighted by Crippen LogP contribution is 2.28. The number of para-hydroxylation sites is 1. The Morgan fingerprint density at radius 1 is 1.14 bits per heavy atom. The van der Waals surface area contributed by atoms with Crippen molar-refractivity contribution in [2.45, 2.75) is 18.5 Å². The van der Waals surface area contributed by atoms with Crippen molar-refractivity contribution in [3.63, 3.8) is 0 Å². The molecule has 0 saturated carbocycles. The lowest BCUT2D eigenvalue weighted by Crippen LogP contribution is -2.58. The summed E-state index contributed by atoms with van der Waals surface area (Å²) in [7, 11) is 1.38. The van der Waals surface area contributed by atoms with Crippen molar-refractivity contribution in [1.82, 2.24) is 15.6 Å². The first-order chi connectivity index (χ1) is 13.5. The van der Waals surface area contributed by atoms with Gasteiger partial charge >= 0.3 is 6.03 Å². The Hall–Kier alpha value is -3.13. The van der Waals surface area contributed by atoms with Crippen LogP contribution < -0.4 is 20.5 Å². The Labute approximate surface area is 162 Å². The molecular formula is C20H21FN4O3. The third kappa shape index (κ3) is 3.27. The molecule has 2 aromatic rings. The SMILES string of the molecule is COc1ccc(C(=O)N2CCC3(CC2)NC(=O)N(c2ccccc2)N3)cc1F. The van der Waals surface area contributed by atoms with Crippen LogP contribution in [-0.2, 0) is 0 Å². The monoisotopic (exact) mass is 384 g/mol. The first-order valence-electron chi connectivity index (χ1n) is 9.09. The minimum atomic E-state index is -0.588. The Morgan fingerprint density at radius 2 is 1.86 bits per heavy atom. The predicted molar refractivity (Wildman–Crippen MR) is 101 cm³/mol. The van der Waals surface area contributed by atoms with E-state index < -0.39 is 11.5 Å². The van der Waals surface area contributed by atoms with Crippen LogP contribution in [0.25, 0.3) is 0 Å². The Morgan fingerprint density at radius 3 is 2.50 bits per heavy atom. The maximum absolute atomic E-state index is 13.9. The van der Waals surface area contributed by atoms with Crippen LogP contribution in [0, 0.1) is 5.82 Å². The van der Waals surface area contributed by atoms with Crippen LogP contribution >= 0.6 is 0 Å². The molecule has 28 heavy (non-hydrogen) atoms. The summed E-state index contributed by atoms with van der Waals surface area (Å²) in [6, 6.07) is 13.3. The fourth-order valence-corrected chi connectivity index (χ4v) is 3.62. The molecule has 7 nitrogen and oxygen atoms in total. The van der Waals surface area contributed by atoms with Gasteiger partial charge in [0.2, 0.25) is 0 Å². The quantitative estimate of drug-likeness (QED) is 0.853. The van der Waals surface area contributed by atoms with Gasteiger partial charge < -0.3 is 15.0 Å². The van der Waals surface area contributed by atoms with Crippen LogP contribution in [0.2, 0.25) is 0 Å². The van der Waals surface area contributed by atoms with Crippen LogP contribution in [0.3, 0.4) is 0 Å². The molecule has 146 valence electrons. The molecule has 0 bridgehead atoms. The molecule has 0 radical (unpaired) electrons. The molecule has 8 heteroatoms. The minimum Gasteiger partial charge on any atom is -0.494 e. The largest absolute Gasteiger partial charge is 0.494 e. The average molecular weight is 384 g/mol. The van der Waals surface area contributed by atoms with E-state index in [1.165, 1.54) is 24.3 Å². The Bertz CT molecular complexity index is 898. The lowest BCUT2D eigenvalue weighted by molar-refractivity contribution is 0.0640. The number of amides is 3. The number of rotatable bonds is 3. The third-order valence-corrected chi connectivity index (χ3v) is 5.19. The standard InChI is InChI=1S/C20H21FN4O3/c1-28-17-8-7-14(13-16(17)21)18(26)24-11-9-20(10-12-24)22-19(27)25(23-20)15-5-3-2-4-6-15/h2-8,13,23H,9-12H2,1H3,(H,22,27). The molecular weight excluding hydrogens is 363 g/mol. The molecule has 2 saturated heterocycles. The van der Waals surface area contributed by atoms with E-state index >= 15 is 0 Å². The van der Waals surface area contributed by atoms with Crippen molar-refractivity contribution in [3.8, 4) is 5.75 Å². The van der Waals surface area contributed by atoms with E-state index in [4.69, 9.17) is 4.74 Å². The van der Waals surface area contributed by atoms with Gasteiger partial charge in [-0.2, -0.15) is 0 Å². The molecule has 0 atom stereocenters. The van der Waals surface area contributed by atoms with Crippen molar-refractivity contribution in [1.29, 1.82) is 0 Å². The van der Waals surface area contributed by atoms with Gasteiger partial charge in [-0.25, -0.2) is 19.6 Å². The molecule has 2 heterocycles. The summed E-state index contributed by atoms with van der Waals surface area (Å²) in [5.74, 6) is -0.696.